The van der Waals surface area contributed by atoms with E-state index in [0.717, 1.165) is 22.5 Å². The van der Waals surface area contributed by atoms with Crippen LogP contribution in [0.3, 0.4) is 0 Å². The van der Waals surface area contributed by atoms with Gasteiger partial charge in [-0.3, -0.25) is 4.98 Å². The third-order valence-corrected chi connectivity index (χ3v) is 4.30. The lowest BCUT2D eigenvalue weighted by atomic mass is 10.1. The van der Waals surface area contributed by atoms with Gasteiger partial charge in [-0.2, -0.15) is 4.98 Å². The molecule has 2 aromatic carbocycles. The van der Waals surface area contributed by atoms with Gasteiger partial charge in [0.15, 0.2) is 5.65 Å². The summed E-state index contributed by atoms with van der Waals surface area (Å²) < 4.78 is 12.3. The Hall–Kier alpha value is -3.65. The Morgan fingerprint density at radius 1 is 1.07 bits per heavy atom. The van der Waals surface area contributed by atoms with Gasteiger partial charge in [0, 0.05) is 48.4 Å². The van der Waals surface area contributed by atoms with Crippen molar-refractivity contribution in [1.82, 2.24) is 19.6 Å². The molecule has 0 spiro atoms. The van der Waals surface area contributed by atoms with E-state index in [1.54, 1.807) is 37.2 Å². The Bertz CT molecular complexity index is 1100. The van der Waals surface area contributed by atoms with Crippen molar-refractivity contribution in [3.8, 4) is 22.8 Å². The third-order valence-electron chi connectivity index (χ3n) is 4.30. The summed E-state index contributed by atoms with van der Waals surface area (Å²) in [7, 11) is 3.21. The highest BCUT2D eigenvalue weighted by Crippen LogP contribution is 2.28. The second kappa shape index (κ2) is 7.53. The maximum Gasteiger partial charge on any atom is 0.247 e. The van der Waals surface area contributed by atoms with E-state index >= 15 is 0 Å². The summed E-state index contributed by atoms with van der Waals surface area (Å²) in [6, 6.07) is 13.4. The number of nitrogens with two attached hydrogens (primary N) is 1. The molecule has 0 saturated heterocycles. The second-order valence-electron chi connectivity index (χ2n) is 6.11. The number of anilines is 2. The number of nitrogens with zero attached hydrogens (tertiary/aromatic N) is 4. The minimum atomic E-state index is 0.444. The second-order valence-corrected chi connectivity index (χ2v) is 6.11. The summed E-state index contributed by atoms with van der Waals surface area (Å²) in [5, 5.41) is 7.69. The van der Waals surface area contributed by atoms with Gasteiger partial charge in [0.05, 0.1) is 14.2 Å². The molecule has 0 unspecified atom stereocenters. The molecule has 2 heterocycles. The van der Waals surface area contributed by atoms with Crippen LogP contribution in [-0.2, 0) is 6.54 Å². The van der Waals surface area contributed by atoms with Crippen molar-refractivity contribution >= 4 is 17.3 Å². The van der Waals surface area contributed by atoms with E-state index < -0.39 is 0 Å². The number of benzene rings is 2. The Balaban J connectivity index is 1.73. The SMILES string of the molecule is COc1cc(Nc2nc3c(-c4cccc(CN)c4)nccn3n2)cc(OC)c1. The van der Waals surface area contributed by atoms with Crippen LogP contribution in [0.15, 0.2) is 54.9 Å². The first-order chi connectivity index (χ1) is 13.7. The number of fused-ring (bicyclic) bond motifs is 1. The molecule has 0 amide bonds. The molecule has 0 atom stereocenters. The van der Waals surface area contributed by atoms with Crippen LogP contribution in [0.1, 0.15) is 5.56 Å². The fourth-order valence-electron chi connectivity index (χ4n) is 2.93. The average molecular weight is 376 g/mol. The normalized spacial score (nSPS) is 10.8. The zero-order valence-electron chi connectivity index (χ0n) is 15.6. The number of nitrogens with one attached hydrogen (secondary N) is 1. The molecular formula is C20H20N6O2. The van der Waals surface area contributed by atoms with Crippen LogP contribution in [-0.4, -0.2) is 33.8 Å². The van der Waals surface area contributed by atoms with Crippen LogP contribution in [0.5, 0.6) is 11.5 Å². The molecule has 0 aliphatic carbocycles. The third kappa shape index (κ3) is 3.45. The Morgan fingerprint density at radius 3 is 2.57 bits per heavy atom. The van der Waals surface area contributed by atoms with Crippen molar-refractivity contribution in [3.05, 3.63) is 60.4 Å². The van der Waals surface area contributed by atoms with Crippen molar-refractivity contribution in [2.24, 2.45) is 5.73 Å². The highest BCUT2D eigenvalue weighted by atomic mass is 16.5. The number of hydrogen-bond donors (Lipinski definition) is 2. The van der Waals surface area contributed by atoms with E-state index in [-0.39, 0.29) is 0 Å². The lowest BCUT2D eigenvalue weighted by Crippen LogP contribution is -1.97. The van der Waals surface area contributed by atoms with Crippen LogP contribution in [0.4, 0.5) is 11.6 Å². The van der Waals surface area contributed by atoms with Gasteiger partial charge in [0.25, 0.3) is 0 Å². The first-order valence-corrected chi connectivity index (χ1v) is 8.71. The van der Waals surface area contributed by atoms with Crippen molar-refractivity contribution < 1.29 is 9.47 Å². The molecule has 2 aromatic heterocycles. The maximum atomic E-state index is 5.76. The molecule has 8 heteroatoms. The highest BCUT2D eigenvalue weighted by Gasteiger charge is 2.12. The number of ether oxygens (including phenoxy) is 2. The van der Waals surface area contributed by atoms with Gasteiger partial charge in [-0.1, -0.05) is 18.2 Å². The molecule has 0 fully saturated rings. The number of rotatable bonds is 6. The molecule has 8 nitrogen and oxygen atoms in total. The van der Waals surface area contributed by atoms with Gasteiger partial charge in [0.2, 0.25) is 5.95 Å². The number of aromatic nitrogens is 4. The minimum absolute atomic E-state index is 0.444. The molecule has 4 rings (SSSR count). The van der Waals surface area contributed by atoms with E-state index in [2.05, 4.69) is 20.4 Å². The summed E-state index contributed by atoms with van der Waals surface area (Å²) in [5.41, 5.74) is 9.87. The smallest absolute Gasteiger partial charge is 0.247 e. The van der Waals surface area contributed by atoms with Crippen LogP contribution in [0.25, 0.3) is 16.9 Å². The van der Waals surface area contributed by atoms with Gasteiger partial charge >= 0.3 is 0 Å². The summed E-state index contributed by atoms with van der Waals surface area (Å²) >= 11 is 0. The standard InChI is InChI=1S/C20H20N6O2/c1-27-16-9-15(10-17(11-16)28-2)23-20-24-19-18(22-6-7-26(19)25-20)14-5-3-4-13(8-14)12-21/h3-11H,12,21H2,1-2H3,(H,23,25). The van der Waals surface area contributed by atoms with Crippen molar-refractivity contribution in [2.75, 3.05) is 19.5 Å². The number of hydrogen-bond acceptors (Lipinski definition) is 7. The van der Waals surface area contributed by atoms with Gasteiger partial charge in [-0.25, -0.2) is 4.52 Å². The van der Waals surface area contributed by atoms with Crippen molar-refractivity contribution in [1.29, 1.82) is 0 Å². The fraction of sp³-hybridized carbons (Fsp3) is 0.150. The van der Waals surface area contributed by atoms with Gasteiger partial charge < -0.3 is 20.5 Å². The van der Waals surface area contributed by atoms with E-state index in [1.165, 1.54) is 0 Å². The first-order valence-electron chi connectivity index (χ1n) is 8.71. The highest BCUT2D eigenvalue weighted by molar-refractivity contribution is 5.75. The molecule has 0 saturated carbocycles. The first kappa shape index (κ1) is 17.7. The van der Waals surface area contributed by atoms with Crippen molar-refractivity contribution in [2.45, 2.75) is 6.54 Å². The lowest BCUT2D eigenvalue weighted by Gasteiger charge is -2.08. The molecule has 142 valence electrons. The summed E-state index contributed by atoms with van der Waals surface area (Å²) in [5.74, 6) is 1.79. The topological polar surface area (TPSA) is 99.6 Å². The van der Waals surface area contributed by atoms with Gasteiger partial charge in [0.1, 0.15) is 17.2 Å². The quantitative estimate of drug-likeness (QED) is 0.533. The average Bonchev–Trinajstić information content (AvgIpc) is 3.15. The molecule has 4 aromatic rings. The predicted molar refractivity (Wildman–Crippen MR) is 107 cm³/mol. The van der Waals surface area contributed by atoms with Crippen LogP contribution < -0.4 is 20.5 Å². The zero-order chi connectivity index (χ0) is 19.5. The van der Waals surface area contributed by atoms with E-state index in [0.29, 0.717) is 29.6 Å². The summed E-state index contributed by atoms with van der Waals surface area (Å²) in [6.07, 6.45) is 3.46. The van der Waals surface area contributed by atoms with E-state index in [4.69, 9.17) is 15.2 Å². The monoisotopic (exact) mass is 376 g/mol. The van der Waals surface area contributed by atoms with Gasteiger partial charge in [-0.15, -0.1) is 5.10 Å². The molecule has 0 aliphatic rings. The molecule has 0 bridgehead atoms. The van der Waals surface area contributed by atoms with Crippen LogP contribution in [0, 0.1) is 0 Å². The Morgan fingerprint density at radius 2 is 1.86 bits per heavy atom. The Kier molecular flexibility index (Phi) is 4.77. The summed E-state index contributed by atoms with van der Waals surface area (Å²) in [6.45, 7) is 0.466. The van der Waals surface area contributed by atoms with Crippen LogP contribution in [0.2, 0.25) is 0 Å². The molecule has 3 N–H and O–H groups in total. The van der Waals surface area contributed by atoms with E-state index in [9.17, 15) is 0 Å². The number of methoxy groups -OCH3 is 2. The maximum absolute atomic E-state index is 5.76. The predicted octanol–water partition coefficient (Wildman–Crippen LogP) is 3.01. The molecule has 28 heavy (non-hydrogen) atoms. The zero-order valence-corrected chi connectivity index (χ0v) is 15.6. The van der Waals surface area contributed by atoms with Crippen molar-refractivity contribution in [3.63, 3.8) is 0 Å². The van der Waals surface area contributed by atoms with Crippen LogP contribution >= 0.6 is 0 Å². The Labute approximate surface area is 162 Å². The molecule has 0 radical (unpaired) electrons. The summed E-state index contributed by atoms with van der Waals surface area (Å²) in [4.78, 5) is 9.11. The fourth-order valence-corrected chi connectivity index (χ4v) is 2.93. The van der Waals surface area contributed by atoms with Gasteiger partial charge in [-0.05, 0) is 11.6 Å². The largest absolute Gasteiger partial charge is 0.497 e. The minimum Gasteiger partial charge on any atom is -0.497 e. The molecule has 0 aliphatic heterocycles. The van der Waals surface area contributed by atoms with E-state index in [1.807, 2.05) is 36.4 Å². The molecular weight excluding hydrogens is 356 g/mol. The lowest BCUT2D eigenvalue weighted by molar-refractivity contribution is 0.395.